The summed E-state index contributed by atoms with van der Waals surface area (Å²) in [5.41, 5.74) is 0.716. The Morgan fingerprint density at radius 3 is 2.29 bits per heavy atom. The Bertz CT molecular complexity index is 534. The molecule has 1 N–H and O–H groups in total. The lowest BCUT2D eigenvalue weighted by molar-refractivity contribution is -0.135. The van der Waals surface area contributed by atoms with Crippen molar-refractivity contribution in [2.75, 3.05) is 18.5 Å². The van der Waals surface area contributed by atoms with Crippen molar-refractivity contribution in [2.24, 2.45) is 0 Å². The van der Waals surface area contributed by atoms with E-state index in [1.165, 1.54) is 12.8 Å². The highest BCUT2D eigenvalue weighted by Crippen LogP contribution is 2.22. The molecule has 24 heavy (non-hydrogen) atoms. The smallest absolute Gasteiger partial charge is 0.244 e. The van der Waals surface area contributed by atoms with E-state index in [4.69, 9.17) is 4.74 Å². The molecule has 1 saturated carbocycles. The van der Waals surface area contributed by atoms with Crippen LogP contribution in [-0.4, -0.2) is 35.9 Å². The zero-order valence-corrected chi connectivity index (χ0v) is 14.7. The van der Waals surface area contributed by atoms with E-state index < -0.39 is 0 Å². The fraction of sp³-hybridized carbons (Fsp3) is 0.579. The van der Waals surface area contributed by atoms with Gasteiger partial charge < -0.3 is 15.0 Å². The monoisotopic (exact) mass is 332 g/mol. The van der Waals surface area contributed by atoms with Gasteiger partial charge in [0.2, 0.25) is 11.8 Å². The molecule has 1 aliphatic carbocycles. The number of hydrogen-bond donors (Lipinski definition) is 1. The van der Waals surface area contributed by atoms with Crippen molar-refractivity contribution in [3.63, 3.8) is 0 Å². The Hall–Kier alpha value is -2.04. The van der Waals surface area contributed by atoms with Crippen LogP contribution < -0.4 is 10.1 Å². The molecule has 0 aliphatic heterocycles. The zero-order chi connectivity index (χ0) is 17.4. The first kappa shape index (κ1) is 18.3. The molecule has 1 aliphatic rings. The van der Waals surface area contributed by atoms with E-state index >= 15 is 0 Å². The minimum Gasteiger partial charge on any atom is -0.494 e. The van der Waals surface area contributed by atoms with Gasteiger partial charge in [0.25, 0.3) is 0 Å². The molecule has 0 unspecified atom stereocenters. The Morgan fingerprint density at radius 2 is 1.75 bits per heavy atom. The van der Waals surface area contributed by atoms with E-state index in [9.17, 15) is 9.59 Å². The molecule has 5 heteroatoms. The van der Waals surface area contributed by atoms with Crippen molar-refractivity contribution in [3.05, 3.63) is 24.3 Å². The number of nitrogens with one attached hydrogen (secondary N) is 1. The van der Waals surface area contributed by atoms with Crippen molar-refractivity contribution in [3.8, 4) is 5.75 Å². The summed E-state index contributed by atoms with van der Waals surface area (Å²) in [5.74, 6) is 0.599. The number of nitrogens with zero attached hydrogens (tertiary/aromatic N) is 1. The topological polar surface area (TPSA) is 58.6 Å². The van der Waals surface area contributed by atoms with Crippen LogP contribution in [0.3, 0.4) is 0 Å². The van der Waals surface area contributed by atoms with Gasteiger partial charge in [0.15, 0.2) is 0 Å². The van der Waals surface area contributed by atoms with Crippen molar-refractivity contribution in [1.82, 2.24) is 4.90 Å². The summed E-state index contributed by atoms with van der Waals surface area (Å²) in [6.07, 6.45) is 6.71. The highest BCUT2D eigenvalue weighted by molar-refractivity contribution is 5.94. The molecule has 132 valence electrons. The molecule has 0 atom stereocenters. The van der Waals surface area contributed by atoms with Crippen LogP contribution in [0, 0.1) is 0 Å². The lowest BCUT2D eigenvalue weighted by atomic mass is 10.1. The Kier molecular flexibility index (Phi) is 7.09. The van der Waals surface area contributed by atoms with Crippen LogP contribution in [0.1, 0.15) is 52.4 Å². The first-order valence-electron chi connectivity index (χ1n) is 8.90. The number of anilines is 1. The molecule has 2 rings (SSSR count). The Labute approximate surface area is 144 Å². The summed E-state index contributed by atoms with van der Waals surface area (Å²) in [5, 5.41) is 2.86. The van der Waals surface area contributed by atoms with Gasteiger partial charge in [-0.3, -0.25) is 9.59 Å². The maximum absolute atomic E-state index is 12.3. The van der Waals surface area contributed by atoms with Crippen LogP contribution in [0.4, 0.5) is 5.69 Å². The molecule has 1 aromatic carbocycles. The number of carbonyl (C=O) groups excluding carboxylic acids is 2. The molecular weight excluding hydrogens is 304 g/mol. The average molecular weight is 332 g/mol. The lowest BCUT2D eigenvalue weighted by Crippen LogP contribution is -2.43. The molecule has 2 amide bonds. The molecule has 0 radical (unpaired) electrons. The van der Waals surface area contributed by atoms with Crippen molar-refractivity contribution >= 4 is 17.5 Å². The molecule has 5 nitrogen and oxygen atoms in total. The summed E-state index contributed by atoms with van der Waals surface area (Å²) >= 11 is 0. The SMILES string of the molecule is CCOc1ccc(NC(=O)CN(C(C)=O)C2CCCCCC2)cc1. The minimum atomic E-state index is -0.154. The number of carbonyl (C=O) groups is 2. The van der Waals surface area contributed by atoms with Gasteiger partial charge in [0.1, 0.15) is 12.3 Å². The maximum atomic E-state index is 12.3. The fourth-order valence-corrected chi connectivity index (χ4v) is 3.22. The zero-order valence-electron chi connectivity index (χ0n) is 14.7. The second kappa shape index (κ2) is 9.30. The first-order chi connectivity index (χ1) is 11.6. The molecular formula is C19H28N2O3. The fourth-order valence-electron chi connectivity index (χ4n) is 3.22. The minimum absolute atomic E-state index is 0.0243. The first-order valence-corrected chi connectivity index (χ1v) is 8.90. The predicted molar refractivity (Wildman–Crippen MR) is 95.1 cm³/mol. The molecule has 0 aromatic heterocycles. The summed E-state index contributed by atoms with van der Waals surface area (Å²) in [7, 11) is 0. The van der Waals surface area contributed by atoms with Crippen LogP contribution in [0.25, 0.3) is 0 Å². The second-order valence-electron chi connectivity index (χ2n) is 6.30. The van der Waals surface area contributed by atoms with Crippen molar-refractivity contribution in [1.29, 1.82) is 0 Å². The Morgan fingerprint density at radius 1 is 1.12 bits per heavy atom. The van der Waals surface area contributed by atoms with Gasteiger partial charge in [-0.15, -0.1) is 0 Å². The molecule has 1 aromatic rings. The number of ether oxygens (including phenoxy) is 1. The normalized spacial score (nSPS) is 15.4. The third-order valence-electron chi connectivity index (χ3n) is 4.43. The van der Waals surface area contributed by atoms with Crippen LogP contribution in [-0.2, 0) is 9.59 Å². The molecule has 0 saturated heterocycles. The number of amides is 2. The standard InChI is InChI=1S/C19H28N2O3/c1-3-24-18-12-10-16(11-13-18)20-19(23)14-21(15(2)22)17-8-6-4-5-7-9-17/h10-13,17H,3-9,14H2,1-2H3,(H,20,23). The van der Waals surface area contributed by atoms with Gasteiger partial charge in [-0.2, -0.15) is 0 Å². The third-order valence-corrected chi connectivity index (χ3v) is 4.43. The molecule has 0 heterocycles. The van der Waals surface area contributed by atoms with Gasteiger partial charge in [-0.1, -0.05) is 25.7 Å². The van der Waals surface area contributed by atoms with Crippen LogP contribution in [0.5, 0.6) is 5.75 Å². The second-order valence-corrected chi connectivity index (χ2v) is 6.30. The largest absolute Gasteiger partial charge is 0.494 e. The number of rotatable bonds is 6. The van der Waals surface area contributed by atoms with Crippen LogP contribution in [0.15, 0.2) is 24.3 Å². The summed E-state index contributed by atoms with van der Waals surface area (Å²) in [6, 6.07) is 7.47. The van der Waals surface area contributed by atoms with Gasteiger partial charge in [-0.25, -0.2) is 0 Å². The Balaban J connectivity index is 1.93. The summed E-state index contributed by atoms with van der Waals surface area (Å²) in [6.45, 7) is 4.21. The van der Waals surface area contributed by atoms with E-state index in [-0.39, 0.29) is 24.4 Å². The van der Waals surface area contributed by atoms with Gasteiger partial charge in [0, 0.05) is 18.7 Å². The number of benzene rings is 1. The number of hydrogen-bond acceptors (Lipinski definition) is 3. The van der Waals surface area contributed by atoms with E-state index in [2.05, 4.69) is 5.32 Å². The highest BCUT2D eigenvalue weighted by atomic mass is 16.5. The lowest BCUT2D eigenvalue weighted by Gasteiger charge is -2.29. The molecule has 1 fully saturated rings. The van der Waals surface area contributed by atoms with Gasteiger partial charge >= 0.3 is 0 Å². The molecule has 0 spiro atoms. The highest BCUT2D eigenvalue weighted by Gasteiger charge is 2.24. The van der Waals surface area contributed by atoms with E-state index in [1.54, 1.807) is 11.8 Å². The predicted octanol–water partition coefficient (Wildman–Crippen LogP) is 3.60. The average Bonchev–Trinajstić information content (AvgIpc) is 2.83. The van der Waals surface area contributed by atoms with E-state index in [0.29, 0.717) is 12.3 Å². The maximum Gasteiger partial charge on any atom is 0.244 e. The van der Waals surface area contributed by atoms with Crippen LogP contribution in [0.2, 0.25) is 0 Å². The molecule has 0 bridgehead atoms. The third kappa shape index (κ3) is 5.55. The summed E-state index contributed by atoms with van der Waals surface area (Å²) in [4.78, 5) is 26.1. The van der Waals surface area contributed by atoms with Gasteiger partial charge in [-0.05, 0) is 44.0 Å². The van der Waals surface area contributed by atoms with Crippen molar-refractivity contribution < 1.29 is 14.3 Å². The van der Waals surface area contributed by atoms with E-state index in [0.717, 1.165) is 31.4 Å². The van der Waals surface area contributed by atoms with E-state index in [1.807, 2.05) is 31.2 Å². The summed E-state index contributed by atoms with van der Waals surface area (Å²) < 4.78 is 5.39. The van der Waals surface area contributed by atoms with Crippen LogP contribution >= 0.6 is 0 Å². The van der Waals surface area contributed by atoms with Gasteiger partial charge in [0.05, 0.1) is 6.61 Å². The van der Waals surface area contributed by atoms with Crippen molar-refractivity contribution in [2.45, 2.75) is 58.4 Å². The quantitative estimate of drug-likeness (QED) is 0.810.